The van der Waals surface area contributed by atoms with Crippen LogP contribution in [0.1, 0.15) is 328 Å². The van der Waals surface area contributed by atoms with Crippen molar-refractivity contribution >= 4 is 41.2 Å². The summed E-state index contributed by atoms with van der Waals surface area (Å²) in [4.78, 5) is 99.1. The Hall–Kier alpha value is -3.79. The van der Waals surface area contributed by atoms with Gasteiger partial charge in [-0.25, -0.2) is 0 Å². The monoisotopic (exact) mass is 1390 g/mol. The number of rotatable bonds is 49. The fraction of sp³-hybridized carbons (Fsp3) is 0.910. The molecule has 7 unspecified atom stereocenters. The number of carbonyl (C=O) groups is 7. The van der Waals surface area contributed by atoms with Crippen molar-refractivity contribution < 1.29 is 33.6 Å². The minimum atomic E-state index is -0.966. The molecule has 20 nitrogen and oxygen atoms in total. The van der Waals surface area contributed by atoms with E-state index in [1.807, 2.05) is 62.3 Å². The quantitative estimate of drug-likeness (QED) is 0.0253. The Morgan fingerprint density at radius 2 is 0.480 bits per heavy atom. The standard InChI is InChI=1S/C76H153N13O7.C2H6/c1-26-55(41-27-37-51-80-70(5,6)7)63(91)85-57(43-29-35-49-78-65(93)59(87-74(17,18)19)45-31-38-52-81-71(8,9)10)64(92)77-48-34-28-42-56(62(90)69(2,3)4)84-67(95)58(86-68(96)61(89-76(23,24)25)47-33-40-54-83-73(14,15)16)44-30-36-50-79-66(94)60(88-75(20,21)22)46-32-39-53-82-72(11,12)13;1-2/h55-61,80-83,87-89H,26-54H2,1-25H3,(H,77,92)(H,78,93)(H,79,94)(H,84,95)(H,85,91)(H,86,96);1-2H3. The van der Waals surface area contributed by atoms with Gasteiger partial charge >= 0.3 is 0 Å². The second-order valence-corrected chi connectivity index (χ2v) is 35.8. The summed E-state index contributed by atoms with van der Waals surface area (Å²) in [5, 5.41) is 43.4. The SMILES string of the molecule is CC.CCC(CCCCNC(C)(C)C)C(=O)NC(CCCCNC(=O)C(CCCCNC(C)(C)C)NC(C)(C)C)C(=O)NCCCCC(NC(=O)C(CCCCNC(=O)C(CCCCNC(C)(C)C)NC(C)(C)C)NC(=O)C(CCCCNC(C)(C)C)NC(C)(C)C)C(=O)C(C)(C)C. The molecule has 98 heavy (non-hydrogen) atoms. The maximum atomic E-state index is 14.8. The van der Waals surface area contributed by atoms with Crippen LogP contribution in [-0.4, -0.2) is 162 Å². The molecule has 0 saturated heterocycles. The van der Waals surface area contributed by atoms with Crippen LogP contribution in [0.3, 0.4) is 0 Å². The predicted molar refractivity (Wildman–Crippen MR) is 412 cm³/mol. The van der Waals surface area contributed by atoms with Gasteiger partial charge in [0.15, 0.2) is 5.78 Å². The van der Waals surface area contributed by atoms with Crippen molar-refractivity contribution in [2.75, 3.05) is 45.8 Å². The lowest BCUT2D eigenvalue weighted by Gasteiger charge is -2.31. The molecule has 578 valence electrons. The lowest BCUT2D eigenvalue weighted by molar-refractivity contribution is -0.135. The Labute approximate surface area is 601 Å². The highest BCUT2D eigenvalue weighted by Crippen LogP contribution is 2.22. The molecule has 0 radical (unpaired) electrons. The molecule has 0 fully saturated rings. The molecule has 0 aliphatic carbocycles. The molecule has 0 aromatic heterocycles. The van der Waals surface area contributed by atoms with Crippen LogP contribution in [0.2, 0.25) is 0 Å². The van der Waals surface area contributed by atoms with E-state index in [2.05, 4.69) is 194 Å². The van der Waals surface area contributed by atoms with Crippen LogP contribution in [-0.2, 0) is 33.6 Å². The van der Waals surface area contributed by atoms with E-state index in [9.17, 15) is 33.6 Å². The van der Waals surface area contributed by atoms with E-state index in [1.54, 1.807) is 0 Å². The van der Waals surface area contributed by atoms with E-state index < -0.39 is 41.0 Å². The Balaban J connectivity index is 0. The third kappa shape index (κ3) is 54.0. The third-order valence-corrected chi connectivity index (χ3v) is 16.3. The number of unbranched alkanes of at least 4 members (excludes halogenated alkanes) is 7. The summed E-state index contributed by atoms with van der Waals surface area (Å²) in [6, 6.07) is -3.92. The van der Waals surface area contributed by atoms with Gasteiger partial charge in [-0.2, -0.15) is 0 Å². The molecular weight excluding hydrogens is 1230 g/mol. The summed E-state index contributed by atoms with van der Waals surface area (Å²) in [5.41, 5.74) is -1.70. The molecule has 0 bridgehead atoms. The number of Topliss-reactive ketones (excluding diaryl/α,β-unsaturated/α-hetero) is 1. The van der Waals surface area contributed by atoms with E-state index in [1.165, 1.54) is 0 Å². The second-order valence-electron chi connectivity index (χ2n) is 35.8. The number of carbonyl (C=O) groups excluding carboxylic acids is 7. The minimum Gasteiger partial charge on any atom is -0.355 e. The first kappa shape index (κ1) is 96.3. The minimum absolute atomic E-state index is 0.00696. The molecule has 0 rings (SSSR count). The van der Waals surface area contributed by atoms with Gasteiger partial charge in [0.25, 0.3) is 0 Å². The number of ketones is 1. The van der Waals surface area contributed by atoms with Gasteiger partial charge in [0.2, 0.25) is 35.4 Å². The molecule has 6 amide bonds. The van der Waals surface area contributed by atoms with Crippen LogP contribution in [0.15, 0.2) is 0 Å². The van der Waals surface area contributed by atoms with Crippen molar-refractivity contribution in [2.45, 2.75) is 403 Å². The summed E-state index contributed by atoms with van der Waals surface area (Å²) >= 11 is 0. The van der Waals surface area contributed by atoms with Crippen LogP contribution in [0.4, 0.5) is 0 Å². The van der Waals surface area contributed by atoms with Gasteiger partial charge in [0.1, 0.15) is 12.1 Å². The normalized spacial score (nSPS) is 14.9. The number of nitrogens with one attached hydrogen (secondary N) is 13. The zero-order valence-corrected chi connectivity index (χ0v) is 68.4. The van der Waals surface area contributed by atoms with E-state index >= 15 is 0 Å². The Morgan fingerprint density at radius 3 is 0.765 bits per heavy atom. The molecule has 0 heterocycles. The van der Waals surface area contributed by atoms with Crippen molar-refractivity contribution in [3.8, 4) is 0 Å². The first-order chi connectivity index (χ1) is 45.0. The van der Waals surface area contributed by atoms with Crippen LogP contribution in [0, 0.1) is 11.3 Å². The summed E-state index contributed by atoms with van der Waals surface area (Å²) in [6.07, 6.45) is 14.7. The van der Waals surface area contributed by atoms with E-state index in [0.717, 1.165) is 77.5 Å². The van der Waals surface area contributed by atoms with Gasteiger partial charge in [0, 0.05) is 69.7 Å². The Bertz CT molecular complexity index is 2210. The van der Waals surface area contributed by atoms with Crippen LogP contribution < -0.4 is 69.1 Å². The lowest BCUT2D eigenvalue weighted by atomic mass is 9.84. The van der Waals surface area contributed by atoms with Crippen LogP contribution >= 0.6 is 0 Å². The van der Waals surface area contributed by atoms with Crippen molar-refractivity contribution in [3.63, 3.8) is 0 Å². The highest BCUT2D eigenvalue weighted by molar-refractivity contribution is 5.95. The number of hydrogen-bond donors (Lipinski definition) is 13. The molecule has 20 heteroatoms. The Morgan fingerprint density at radius 1 is 0.255 bits per heavy atom. The first-order valence-electron chi connectivity index (χ1n) is 38.6. The topological polar surface area (TPSA) is 276 Å². The maximum absolute atomic E-state index is 14.8. The molecular formula is C78H159N13O7. The largest absolute Gasteiger partial charge is 0.355 e. The molecule has 0 spiro atoms. The van der Waals surface area contributed by atoms with Crippen LogP contribution in [0.25, 0.3) is 0 Å². The smallest absolute Gasteiger partial charge is 0.243 e. The first-order valence-corrected chi connectivity index (χ1v) is 38.6. The van der Waals surface area contributed by atoms with E-state index in [-0.39, 0.29) is 99.5 Å². The predicted octanol–water partition coefficient (Wildman–Crippen LogP) is 11.5. The Kier molecular flexibility index (Phi) is 47.4. The molecule has 13 N–H and O–H groups in total. The fourth-order valence-electron chi connectivity index (χ4n) is 11.3. The van der Waals surface area contributed by atoms with Gasteiger partial charge in [-0.3, -0.25) is 33.6 Å². The lowest BCUT2D eigenvalue weighted by Crippen LogP contribution is -2.57. The molecule has 0 aliphatic rings. The van der Waals surface area contributed by atoms with Gasteiger partial charge in [-0.1, -0.05) is 67.2 Å². The van der Waals surface area contributed by atoms with Crippen molar-refractivity contribution in [2.24, 2.45) is 11.3 Å². The summed E-state index contributed by atoms with van der Waals surface area (Å²) in [7, 11) is 0. The summed E-state index contributed by atoms with van der Waals surface area (Å²) in [5.74, 6) is -1.67. The highest BCUT2D eigenvalue weighted by atomic mass is 16.2. The number of hydrogen-bond acceptors (Lipinski definition) is 14. The zero-order chi connectivity index (χ0) is 75.8. The van der Waals surface area contributed by atoms with Crippen molar-refractivity contribution in [1.29, 1.82) is 0 Å². The summed E-state index contributed by atoms with van der Waals surface area (Å²) < 4.78 is 0. The van der Waals surface area contributed by atoms with Crippen LogP contribution in [0.5, 0.6) is 0 Å². The molecule has 7 atom stereocenters. The van der Waals surface area contributed by atoms with Gasteiger partial charge in [0.05, 0.1) is 24.2 Å². The average Bonchev–Trinajstić information content (AvgIpc) is 0.860. The van der Waals surface area contributed by atoms with E-state index in [4.69, 9.17) is 0 Å². The molecule has 0 aromatic carbocycles. The zero-order valence-electron chi connectivity index (χ0n) is 68.4. The molecule has 0 saturated carbocycles. The van der Waals surface area contributed by atoms with Gasteiger partial charge < -0.3 is 69.1 Å². The number of amides is 6. The highest BCUT2D eigenvalue weighted by Gasteiger charge is 2.35. The molecule has 0 aromatic rings. The van der Waals surface area contributed by atoms with Crippen molar-refractivity contribution in [1.82, 2.24) is 69.1 Å². The van der Waals surface area contributed by atoms with Crippen molar-refractivity contribution in [3.05, 3.63) is 0 Å². The summed E-state index contributed by atoms with van der Waals surface area (Å²) in [6.45, 7) is 60.1. The van der Waals surface area contributed by atoms with E-state index in [0.29, 0.717) is 96.6 Å². The molecule has 0 aliphatic heterocycles. The average molecular weight is 1390 g/mol. The van der Waals surface area contributed by atoms with Gasteiger partial charge in [-0.05, 0) is 287 Å². The second kappa shape index (κ2) is 48.2. The third-order valence-electron chi connectivity index (χ3n) is 16.3. The van der Waals surface area contributed by atoms with Gasteiger partial charge in [-0.15, -0.1) is 0 Å². The maximum Gasteiger partial charge on any atom is 0.243 e. The fourth-order valence-corrected chi connectivity index (χ4v) is 11.3.